The smallest absolute Gasteiger partial charge is 0.339 e. The number of carbonyl (C=O) groups is 1. The van der Waals surface area contributed by atoms with Crippen molar-refractivity contribution in [2.24, 2.45) is 5.14 Å². The first-order valence-corrected chi connectivity index (χ1v) is 8.20. The molecule has 20 heavy (non-hydrogen) atoms. The molecule has 0 radical (unpaired) electrons. The molecule has 0 spiro atoms. The largest absolute Gasteiger partial charge is 0.457 e. The number of primary sulfonamides is 1. The molecule has 0 aliphatic heterocycles. The Morgan fingerprint density at radius 1 is 1.45 bits per heavy atom. The third-order valence-electron chi connectivity index (χ3n) is 2.35. The normalized spacial score (nSPS) is 13.0. The Balaban J connectivity index is 2.93. The van der Waals surface area contributed by atoms with Crippen LogP contribution in [0, 0.1) is 0 Å². The molecule has 6 nitrogen and oxygen atoms in total. The summed E-state index contributed by atoms with van der Waals surface area (Å²) in [5.74, 6) is -0.644. The highest BCUT2D eigenvalue weighted by atomic mass is 79.9. The molecule has 1 unspecified atom stereocenters. The summed E-state index contributed by atoms with van der Waals surface area (Å²) in [6.07, 6.45) is -0.438. The molecule has 1 aromatic rings. The average Bonchev–Trinajstić information content (AvgIpc) is 2.35. The number of hydrogen-bond donors (Lipinski definition) is 1. The van der Waals surface area contributed by atoms with Crippen LogP contribution in [0.2, 0.25) is 0 Å². The van der Waals surface area contributed by atoms with Crippen molar-refractivity contribution in [1.82, 2.24) is 0 Å². The minimum Gasteiger partial charge on any atom is -0.457 e. The molecule has 0 aromatic heterocycles. The van der Waals surface area contributed by atoms with Crippen LogP contribution in [0.15, 0.2) is 27.6 Å². The van der Waals surface area contributed by atoms with E-state index in [1.54, 1.807) is 6.92 Å². The van der Waals surface area contributed by atoms with Gasteiger partial charge in [-0.15, -0.1) is 0 Å². The summed E-state index contributed by atoms with van der Waals surface area (Å²) in [6.45, 7) is 4.31. The van der Waals surface area contributed by atoms with Gasteiger partial charge >= 0.3 is 5.97 Å². The van der Waals surface area contributed by atoms with E-state index in [0.717, 1.165) is 0 Å². The number of hydrogen-bond acceptors (Lipinski definition) is 5. The first kappa shape index (κ1) is 17.1. The predicted octanol–water partition coefficient (Wildman–Crippen LogP) is 1.68. The molecule has 0 fully saturated rings. The van der Waals surface area contributed by atoms with Crippen LogP contribution in [0.1, 0.15) is 24.2 Å². The monoisotopic (exact) mass is 365 g/mol. The van der Waals surface area contributed by atoms with Gasteiger partial charge in [0.2, 0.25) is 10.0 Å². The standard InChI is InChI=1S/C12H16BrNO5S/c1-3-18-7-8(2)19-12(15)10-6-9(20(14,16)17)4-5-11(10)13/h4-6,8H,3,7H2,1-2H3,(H2,14,16,17). The van der Waals surface area contributed by atoms with Crippen LogP contribution in [-0.4, -0.2) is 33.7 Å². The fraction of sp³-hybridized carbons (Fsp3) is 0.417. The fourth-order valence-electron chi connectivity index (χ4n) is 1.40. The number of carbonyl (C=O) groups excluding carboxylic acids is 1. The number of esters is 1. The molecule has 1 atom stereocenters. The Morgan fingerprint density at radius 3 is 2.65 bits per heavy atom. The molecule has 1 rings (SSSR count). The second-order valence-electron chi connectivity index (χ2n) is 4.06. The Kier molecular flexibility index (Phi) is 6.12. The minimum atomic E-state index is -3.87. The molecule has 0 aliphatic rings. The third kappa shape index (κ3) is 4.86. The first-order chi connectivity index (χ1) is 9.25. The van der Waals surface area contributed by atoms with Crippen molar-refractivity contribution >= 4 is 31.9 Å². The van der Waals surface area contributed by atoms with E-state index in [-0.39, 0.29) is 17.1 Å². The zero-order valence-electron chi connectivity index (χ0n) is 11.1. The number of nitrogens with two attached hydrogens (primary N) is 1. The van der Waals surface area contributed by atoms with E-state index in [0.29, 0.717) is 11.1 Å². The lowest BCUT2D eigenvalue weighted by molar-refractivity contribution is 0.00429. The highest BCUT2D eigenvalue weighted by Crippen LogP contribution is 2.21. The van der Waals surface area contributed by atoms with Gasteiger partial charge in [-0.05, 0) is 48.0 Å². The van der Waals surface area contributed by atoms with Crippen molar-refractivity contribution in [3.05, 3.63) is 28.2 Å². The first-order valence-electron chi connectivity index (χ1n) is 5.86. The molecule has 0 bridgehead atoms. The molecular weight excluding hydrogens is 350 g/mol. The summed E-state index contributed by atoms with van der Waals surface area (Å²) in [6, 6.07) is 3.92. The van der Waals surface area contributed by atoms with E-state index >= 15 is 0 Å². The molecular formula is C12H16BrNO5S. The third-order valence-corrected chi connectivity index (χ3v) is 3.95. The zero-order chi connectivity index (χ0) is 15.3. The van der Waals surface area contributed by atoms with E-state index in [4.69, 9.17) is 14.6 Å². The Bertz CT molecular complexity index is 588. The Morgan fingerprint density at radius 2 is 2.10 bits per heavy atom. The van der Waals surface area contributed by atoms with Gasteiger partial charge in [-0.2, -0.15) is 0 Å². The van der Waals surface area contributed by atoms with Crippen molar-refractivity contribution in [2.75, 3.05) is 13.2 Å². The molecule has 0 saturated heterocycles. The van der Waals surface area contributed by atoms with Crippen LogP contribution in [0.25, 0.3) is 0 Å². The van der Waals surface area contributed by atoms with Gasteiger partial charge in [0.1, 0.15) is 6.10 Å². The van der Waals surface area contributed by atoms with Crippen molar-refractivity contribution in [2.45, 2.75) is 24.8 Å². The molecule has 0 saturated carbocycles. The zero-order valence-corrected chi connectivity index (χ0v) is 13.5. The SMILES string of the molecule is CCOCC(C)OC(=O)c1cc(S(N)(=O)=O)ccc1Br. The lowest BCUT2D eigenvalue weighted by Crippen LogP contribution is -2.21. The van der Waals surface area contributed by atoms with Crippen LogP contribution < -0.4 is 5.14 Å². The van der Waals surface area contributed by atoms with Crippen molar-refractivity contribution in [3.63, 3.8) is 0 Å². The maximum atomic E-state index is 12.0. The van der Waals surface area contributed by atoms with Gasteiger partial charge in [0.05, 0.1) is 17.1 Å². The second-order valence-corrected chi connectivity index (χ2v) is 6.48. The molecule has 1 aromatic carbocycles. The summed E-state index contributed by atoms with van der Waals surface area (Å²) in [5.41, 5.74) is 0.0971. The maximum Gasteiger partial charge on any atom is 0.339 e. The summed E-state index contributed by atoms with van der Waals surface area (Å²) < 4.78 is 33.3. The van der Waals surface area contributed by atoms with Gasteiger partial charge in [-0.3, -0.25) is 0 Å². The molecule has 2 N–H and O–H groups in total. The van der Waals surface area contributed by atoms with E-state index in [2.05, 4.69) is 15.9 Å². The van der Waals surface area contributed by atoms with E-state index < -0.39 is 22.1 Å². The topological polar surface area (TPSA) is 95.7 Å². The maximum absolute atomic E-state index is 12.0. The minimum absolute atomic E-state index is 0.0971. The second kappa shape index (κ2) is 7.16. The summed E-state index contributed by atoms with van der Waals surface area (Å²) in [7, 11) is -3.87. The van der Waals surface area contributed by atoms with E-state index in [9.17, 15) is 13.2 Å². The van der Waals surface area contributed by atoms with Gasteiger partial charge in [-0.1, -0.05) is 0 Å². The lowest BCUT2D eigenvalue weighted by Gasteiger charge is -2.14. The van der Waals surface area contributed by atoms with Gasteiger partial charge in [-0.25, -0.2) is 18.4 Å². The van der Waals surface area contributed by atoms with Crippen LogP contribution in [0.5, 0.6) is 0 Å². The molecule has 0 aliphatic carbocycles. The van der Waals surface area contributed by atoms with E-state index in [1.807, 2.05) is 6.92 Å². The quantitative estimate of drug-likeness (QED) is 0.773. The highest BCUT2D eigenvalue weighted by molar-refractivity contribution is 9.10. The van der Waals surface area contributed by atoms with Crippen LogP contribution in [0.4, 0.5) is 0 Å². The fourth-order valence-corrected chi connectivity index (χ4v) is 2.35. The van der Waals surface area contributed by atoms with Crippen LogP contribution >= 0.6 is 15.9 Å². The van der Waals surface area contributed by atoms with Crippen LogP contribution in [-0.2, 0) is 19.5 Å². The Labute approximate surface area is 126 Å². The molecule has 0 amide bonds. The van der Waals surface area contributed by atoms with Crippen molar-refractivity contribution in [1.29, 1.82) is 0 Å². The number of halogens is 1. The van der Waals surface area contributed by atoms with Crippen molar-refractivity contribution in [3.8, 4) is 0 Å². The van der Waals surface area contributed by atoms with Gasteiger partial charge in [0, 0.05) is 11.1 Å². The predicted molar refractivity (Wildman–Crippen MR) is 76.9 cm³/mol. The summed E-state index contributed by atoms with van der Waals surface area (Å²) >= 11 is 3.17. The van der Waals surface area contributed by atoms with E-state index in [1.165, 1.54) is 18.2 Å². The summed E-state index contributed by atoms with van der Waals surface area (Å²) in [4.78, 5) is 11.8. The summed E-state index contributed by atoms with van der Waals surface area (Å²) in [5, 5.41) is 5.03. The highest BCUT2D eigenvalue weighted by Gasteiger charge is 2.18. The Hall–Kier alpha value is -0.960. The molecule has 112 valence electrons. The molecule has 8 heteroatoms. The average molecular weight is 366 g/mol. The number of rotatable bonds is 6. The van der Waals surface area contributed by atoms with Gasteiger partial charge in [0.15, 0.2) is 0 Å². The van der Waals surface area contributed by atoms with Crippen molar-refractivity contribution < 1.29 is 22.7 Å². The van der Waals surface area contributed by atoms with Gasteiger partial charge in [0.25, 0.3) is 0 Å². The van der Waals surface area contributed by atoms with Gasteiger partial charge < -0.3 is 9.47 Å². The number of sulfonamides is 1. The lowest BCUT2D eigenvalue weighted by atomic mass is 10.2. The van der Waals surface area contributed by atoms with Crippen LogP contribution in [0.3, 0.4) is 0 Å². The number of ether oxygens (including phenoxy) is 2. The molecule has 0 heterocycles. The number of benzene rings is 1.